The molecule has 0 aliphatic heterocycles. The van der Waals surface area contributed by atoms with Crippen molar-refractivity contribution in [3.05, 3.63) is 41.8 Å². The van der Waals surface area contributed by atoms with Gasteiger partial charge in [-0.25, -0.2) is 4.39 Å². The van der Waals surface area contributed by atoms with Gasteiger partial charge in [0.15, 0.2) is 5.82 Å². The molecule has 0 bridgehead atoms. The van der Waals surface area contributed by atoms with E-state index in [2.05, 4.69) is 10.4 Å². The molecule has 84 valence electrons. The lowest BCUT2D eigenvalue weighted by Crippen LogP contribution is -2.02. The summed E-state index contributed by atoms with van der Waals surface area (Å²) < 4.78 is 14.3. The van der Waals surface area contributed by atoms with Gasteiger partial charge in [0.05, 0.1) is 5.69 Å². The predicted octanol–water partition coefficient (Wildman–Crippen LogP) is 1.75. The highest BCUT2D eigenvalue weighted by Gasteiger charge is 2.03. The van der Waals surface area contributed by atoms with Crippen LogP contribution in [0.2, 0.25) is 0 Å². The van der Waals surface area contributed by atoms with Crippen LogP contribution in [-0.4, -0.2) is 9.78 Å². The summed E-state index contributed by atoms with van der Waals surface area (Å²) in [5, 5.41) is 7.24. The van der Waals surface area contributed by atoms with Crippen LogP contribution in [0.25, 0.3) is 0 Å². The number of rotatable bonds is 3. The second-order valence-electron chi connectivity index (χ2n) is 3.59. The molecular formula is C11H13FN4. The zero-order chi connectivity index (χ0) is 11.5. The zero-order valence-corrected chi connectivity index (χ0v) is 8.94. The van der Waals surface area contributed by atoms with Gasteiger partial charge in [-0.05, 0) is 17.7 Å². The first kappa shape index (κ1) is 10.5. The van der Waals surface area contributed by atoms with Gasteiger partial charge in [0.1, 0.15) is 5.82 Å². The van der Waals surface area contributed by atoms with Gasteiger partial charge in [0, 0.05) is 19.8 Å². The molecule has 0 radical (unpaired) electrons. The number of anilines is 2. The van der Waals surface area contributed by atoms with Gasteiger partial charge in [-0.3, -0.25) is 4.68 Å². The first-order valence-corrected chi connectivity index (χ1v) is 4.92. The Morgan fingerprint density at radius 2 is 2.06 bits per heavy atom. The Morgan fingerprint density at radius 1 is 1.38 bits per heavy atom. The first-order chi connectivity index (χ1) is 7.65. The molecule has 0 saturated heterocycles. The highest BCUT2D eigenvalue weighted by molar-refractivity contribution is 5.59. The third-order valence-corrected chi connectivity index (χ3v) is 2.23. The summed E-state index contributed by atoms with van der Waals surface area (Å²) in [5.41, 5.74) is 7.30. The summed E-state index contributed by atoms with van der Waals surface area (Å²) in [6.07, 6.45) is 1.73. The number of aryl methyl sites for hydroxylation is 1. The summed E-state index contributed by atoms with van der Waals surface area (Å²) in [5.74, 6) is 0.410. The van der Waals surface area contributed by atoms with Crippen molar-refractivity contribution < 1.29 is 4.39 Å². The molecule has 0 saturated carbocycles. The van der Waals surface area contributed by atoms with Crippen molar-refractivity contribution in [2.45, 2.75) is 6.54 Å². The number of nitrogen functional groups attached to an aromatic ring is 1. The van der Waals surface area contributed by atoms with Crippen LogP contribution in [-0.2, 0) is 13.6 Å². The molecule has 2 rings (SSSR count). The van der Waals surface area contributed by atoms with Crippen LogP contribution in [0, 0.1) is 5.82 Å². The van der Waals surface area contributed by atoms with Crippen molar-refractivity contribution in [2.75, 3.05) is 11.1 Å². The van der Waals surface area contributed by atoms with Crippen LogP contribution in [0.15, 0.2) is 30.5 Å². The number of aromatic nitrogens is 2. The monoisotopic (exact) mass is 220 g/mol. The number of nitrogens with one attached hydrogen (secondary N) is 1. The smallest absolute Gasteiger partial charge is 0.171 e. The molecule has 1 heterocycles. The van der Waals surface area contributed by atoms with Gasteiger partial charge in [-0.2, -0.15) is 5.10 Å². The summed E-state index contributed by atoms with van der Waals surface area (Å²) >= 11 is 0. The van der Waals surface area contributed by atoms with E-state index in [1.807, 2.05) is 0 Å². The van der Waals surface area contributed by atoms with E-state index < -0.39 is 0 Å². The SMILES string of the molecule is Cn1cc(N)c(NCc2ccc(F)cc2)n1. The van der Waals surface area contributed by atoms with Gasteiger partial charge in [0.2, 0.25) is 0 Å². The topological polar surface area (TPSA) is 55.9 Å². The Hall–Kier alpha value is -2.04. The van der Waals surface area contributed by atoms with E-state index in [1.54, 1.807) is 30.1 Å². The maximum atomic E-state index is 12.7. The Morgan fingerprint density at radius 3 is 2.62 bits per heavy atom. The Labute approximate surface area is 92.9 Å². The normalized spacial score (nSPS) is 10.4. The molecule has 0 amide bonds. The van der Waals surface area contributed by atoms with Crippen LogP contribution in [0.1, 0.15) is 5.56 Å². The Kier molecular flexibility index (Phi) is 2.76. The molecule has 1 aromatic heterocycles. The number of halogens is 1. The molecule has 1 aromatic carbocycles. The molecule has 3 N–H and O–H groups in total. The van der Waals surface area contributed by atoms with Crippen molar-refractivity contribution in [3.63, 3.8) is 0 Å². The van der Waals surface area contributed by atoms with Crippen LogP contribution in [0.4, 0.5) is 15.9 Å². The lowest BCUT2D eigenvalue weighted by Gasteiger charge is -2.03. The molecule has 0 unspecified atom stereocenters. The predicted molar refractivity (Wildman–Crippen MR) is 61.3 cm³/mol. The van der Waals surface area contributed by atoms with Crippen molar-refractivity contribution in [3.8, 4) is 0 Å². The summed E-state index contributed by atoms with van der Waals surface area (Å²) in [4.78, 5) is 0. The molecule has 0 aliphatic carbocycles. The van der Waals surface area contributed by atoms with Crippen LogP contribution < -0.4 is 11.1 Å². The van der Waals surface area contributed by atoms with Crippen LogP contribution >= 0.6 is 0 Å². The number of nitrogens with zero attached hydrogens (tertiary/aromatic N) is 2. The molecule has 0 spiro atoms. The first-order valence-electron chi connectivity index (χ1n) is 4.92. The molecule has 5 heteroatoms. The second kappa shape index (κ2) is 4.22. The van der Waals surface area contributed by atoms with E-state index in [4.69, 9.17) is 5.73 Å². The fraction of sp³-hybridized carbons (Fsp3) is 0.182. The minimum absolute atomic E-state index is 0.235. The summed E-state index contributed by atoms with van der Waals surface area (Å²) in [6.45, 7) is 0.571. The van der Waals surface area contributed by atoms with E-state index in [1.165, 1.54) is 12.1 Å². The van der Waals surface area contributed by atoms with Gasteiger partial charge in [0.25, 0.3) is 0 Å². The summed E-state index contributed by atoms with van der Waals surface area (Å²) in [7, 11) is 1.80. The van der Waals surface area contributed by atoms with Crippen molar-refractivity contribution in [1.82, 2.24) is 9.78 Å². The average Bonchev–Trinajstić information content (AvgIpc) is 2.57. The van der Waals surface area contributed by atoms with Crippen LogP contribution in [0.5, 0.6) is 0 Å². The molecule has 16 heavy (non-hydrogen) atoms. The van der Waals surface area contributed by atoms with Crippen molar-refractivity contribution in [2.24, 2.45) is 7.05 Å². The molecule has 0 fully saturated rings. The van der Waals surface area contributed by atoms with E-state index in [0.29, 0.717) is 18.1 Å². The maximum Gasteiger partial charge on any atom is 0.171 e. The van der Waals surface area contributed by atoms with Gasteiger partial charge in [-0.15, -0.1) is 0 Å². The number of hydrogen-bond acceptors (Lipinski definition) is 3. The molecular weight excluding hydrogens is 207 g/mol. The minimum Gasteiger partial charge on any atom is -0.394 e. The lowest BCUT2D eigenvalue weighted by molar-refractivity contribution is 0.627. The summed E-state index contributed by atoms with van der Waals surface area (Å²) in [6, 6.07) is 6.31. The van der Waals surface area contributed by atoms with E-state index in [-0.39, 0.29) is 5.82 Å². The molecule has 4 nitrogen and oxygen atoms in total. The second-order valence-corrected chi connectivity index (χ2v) is 3.59. The molecule has 0 aliphatic rings. The van der Waals surface area contributed by atoms with Crippen LogP contribution in [0.3, 0.4) is 0 Å². The standard InChI is InChI=1S/C11H13FN4/c1-16-7-10(13)11(15-16)14-6-8-2-4-9(12)5-3-8/h2-5,7H,6,13H2,1H3,(H,14,15). The largest absolute Gasteiger partial charge is 0.394 e. The fourth-order valence-corrected chi connectivity index (χ4v) is 1.43. The third kappa shape index (κ3) is 2.31. The maximum absolute atomic E-state index is 12.7. The van der Waals surface area contributed by atoms with E-state index in [0.717, 1.165) is 5.56 Å². The van der Waals surface area contributed by atoms with Gasteiger partial charge >= 0.3 is 0 Å². The molecule has 0 atom stereocenters. The quantitative estimate of drug-likeness (QED) is 0.828. The lowest BCUT2D eigenvalue weighted by atomic mass is 10.2. The van der Waals surface area contributed by atoms with Gasteiger partial charge in [-0.1, -0.05) is 12.1 Å². The minimum atomic E-state index is -0.235. The molecule has 2 aromatic rings. The van der Waals surface area contributed by atoms with Crippen molar-refractivity contribution >= 4 is 11.5 Å². The Balaban J connectivity index is 2.02. The number of benzene rings is 1. The van der Waals surface area contributed by atoms with Crippen molar-refractivity contribution in [1.29, 1.82) is 0 Å². The third-order valence-electron chi connectivity index (χ3n) is 2.23. The van der Waals surface area contributed by atoms with E-state index in [9.17, 15) is 4.39 Å². The number of hydrogen-bond donors (Lipinski definition) is 2. The number of nitrogens with two attached hydrogens (primary N) is 1. The van der Waals surface area contributed by atoms with Gasteiger partial charge < -0.3 is 11.1 Å². The highest BCUT2D eigenvalue weighted by atomic mass is 19.1. The highest BCUT2D eigenvalue weighted by Crippen LogP contribution is 2.15. The van der Waals surface area contributed by atoms with E-state index >= 15 is 0 Å². The Bertz CT molecular complexity index is 475. The zero-order valence-electron chi connectivity index (χ0n) is 8.94. The average molecular weight is 220 g/mol. The fourth-order valence-electron chi connectivity index (χ4n) is 1.43.